The van der Waals surface area contributed by atoms with Crippen molar-refractivity contribution >= 4 is 28.6 Å². The van der Waals surface area contributed by atoms with E-state index in [-0.39, 0.29) is 6.04 Å². The van der Waals surface area contributed by atoms with Crippen LogP contribution in [-0.4, -0.2) is 12.6 Å². The molecule has 3 rings (SSSR count). The zero-order valence-corrected chi connectivity index (χ0v) is 13.2. The Morgan fingerprint density at radius 2 is 2.25 bits per heavy atom. The molecule has 1 aliphatic rings. The first kappa shape index (κ1) is 13.9. The highest BCUT2D eigenvalue weighted by Gasteiger charge is 2.20. The van der Waals surface area contributed by atoms with Gasteiger partial charge in [0.25, 0.3) is 0 Å². The maximum absolute atomic E-state index is 6.39. The Bertz CT molecular complexity index is 606. The van der Waals surface area contributed by atoms with Gasteiger partial charge in [0.1, 0.15) is 0 Å². The third-order valence-electron chi connectivity index (χ3n) is 3.77. The lowest BCUT2D eigenvalue weighted by Gasteiger charge is -2.31. The molecule has 1 aliphatic heterocycles. The van der Waals surface area contributed by atoms with Crippen LogP contribution in [0.5, 0.6) is 0 Å². The molecule has 0 spiro atoms. The van der Waals surface area contributed by atoms with Crippen molar-refractivity contribution in [3.8, 4) is 0 Å². The van der Waals surface area contributed by atoms with Crippen LogP contribution in [0, 0.1) is 0 Å². The maximum Gasteiger partial charge on any atom is 0.0459 e. The van der Waals surface area contributed by atoms with Crippen LogP contribution in [0.1, 0.15) is 22.9 Å². The molecular weight excluding hydrogens is 288 g/mol. The third-order valence-corrected chi connectivity index (χ3v) is 5.15. The second kappa shape index (κ2) is 5.76. The molecule has 0 saturated carbocycles. The van der Waals surface area contributed by atoms with E-state index in [1.54, 1.807) is 0 Å². The van der Waals surface area contributed by atoms with Gasteiger partial charge in [-0.2, -0.15) is 0 Å². The monoisotopic (exact) mass is 306 g/mol. The van der Waals surface area contributed by atoms with E-state index in [9.17, 15) is 0 Å². The molecule has 0 fully saturated rings. The van der Waals surface area contributed by atoms with E-state index < -0.39 is 0 Å². The molecule has 1 aromatic carbocycles. The van der Waals surface area contributed by atoms with Crippen molar-refractivity contribution in [1.29, 1.82) is 0 Å². The number of benzene rings is 1. The fraction of sp³-hybridized carbons (Fsp3) is 0.375. The van der Waals surface area contributed by atoms with Gasteiger partial charge in [-0.1, -0.05) is 17.7 Å². The number of nitrogens with two attached hydrogens (primary N) is 1. The predicted molar refractivity (Wildman–Crippen MR) is 87.9 cm³/mol. The molecule has 106 valence electrons. The number of hydrogen-bond donors (Lipinski definition) is 1. The molecule has 1 unspecified atom stereocenters. The zero-order chi connectivity index (χ0) is 14.1. The van der Waals surface area contributed by atoms with Crippen LogP contribution in [0.2, 0.25) is 5.02 Å². The van der Waals surface area contributed by atoms with Crippen LogP contribution in [0.15, 0.2) is 29.6 Å². The largest absolute Gasteiger partial charge is 0.367 e. The molecule has 2 aromatic rings. The third kappa shape index (κ3) is 2.71. The van der Waals surface area contributed by atoms with Gasteiger partial charge < -0.3 is 10.6 Å². The average Bonchev–Trinajstić information content (AvgIpc) is 2.88. The van der Waals surface area contributed by atoms with Gasteiger partial charge in [0.05, 0.1) is 0 Å². The summed E-state index contributed by atoms with van der Waals surface area (Å²) in [5.74, 6) is 0. The molecule has 0 radical (unpaired) electrons. The van der Waals surface area contributed by atoms with Gasteiger partial charge in [-0.05, 0) is 54.5 Å². The van der Waals surface area contributed by atoms with Crippen LogP contribution in [-0.2, 0) is 19.4 Å². The molecule has 4 heteroatoms. The first-order valence-electron chi connectivity index (χ1n) is 6.98. The summed E-state index contributed by atoms with van der Waals surface area (Å²) in [6, 6.07) is 8.52. The van der Waals surface area contributed by atoms with Crippen LogP contribution in [0.3, 0.4) is 0 Å². The van der Waals surface area contributed by atoms with Gasteiger partial charge >= 0.3 is 0 Å². The van der Waals surface area contributed by atoms with Gasteiger partial charge in [-0.25, -0.2) is 0 Å². The minimum Gasteiger partial charge on any atom is -0.367 e. The molecule has 0 amide bonds. The Hall–Kier alpha value is -1.03. The van der Waals surface area contributed by atoms with Crippen LogP contribution in [0.4, 0.5) is 5.69 Å². The normalized spacial score (nSPS) is 16.1. The number of halogens is 1. The quantitative estimate of drug-likeness (QED) is 0.933. The Morgan fingerprint density at radius 3 is 3.05 bits per heavy atom. The van der Waals surface area contributed by atoms with Gasteiger partial charge in [-0.15, -0.1) is 11.3 Å². The fourth-order valence-electron chi connectivity index (χ4n) is 2.82. The molecular formula is C16H19ClN2S. The summed E-state index contributed by atoms with van der Waals surface area (Å²) in [5.41, 5.74) is 9.85. The standard InChI is InChI=1S/C16H19ClN2S/c1-11(18)9-13-14(17)3-2-4-15(13)19-7-5-16-12(10-19)6-8-20-16/h2-4,6,8,11H,5,7,9-10,18H2,1H3. The van der Waals surface area contributed by atoms with Crippen molar-refractivity contribution in [3.63, 3.8) is 0 Å². The number of thiophene rings is 1. The molecule has 20 heavy (non-hydrogen) atoms. The minimum atomic E-state index is 0.121. The van der Waals surface area contributed by atoms with Crippen LogP contribution < -0.4 is 10.6 Å². The summed E-state index contributed by atoms with van der Waals surface area (Å²) in [4.78, 5) is 3.95. The molecule has 1 aromatic heterocycles. The van der Waals surface area contributed by atoms with E-state index in [1.807, 2.05) is 30.4 Å². The summed E-state index contributed by atoms with van der Waals surface area (Å²) in [5, 5.41) is 3.02. The van der Waals surface area contributed by atoms with E-state index in [4.69, 9.17) is 17.3 Å². The summed E-state index contributed by atoms with van der Waals surface area (Å²) < 4.78 is 0. The summed E-state index contributed by atoms with van der Waals surface area (Å²) >= 11 is 8.26. The summed E-state index contributed by atoms with van der Waals surface area (Å²) in [6.45, 7) is 4.06. The van der Waals surface area contributed by atoms with Gasteiger partial charge in [-0.3, -0.25) is 0 Å². The van der Waals surface area contributed by atoms with Gasteiger partial charge in [0, 0.05) is 34.7 Å². The highest BCUT2D eigenvalue weighted by atomic mass is 35.5. The van der Waals surface area contributed by atoms with Gasteiger partial charge in [0.15, 0.2) is 0 Å². The second-order valence-electron chi connectivity index (χ2n) is 5.46. The minimum absolute atomic E-state index is 0.121. The van der Waals surface area contributed by atoms with Crippen LogP contribution >= 0.6 is 22.9 Å². The van der Waals surface area contributed by atoms with E-state index in [1.165, 1.54) is 21.7 Å². The Labute approximate surface area is 129 Å². The molecule has 0 aliphatic carbocycles. The Morgan fingerprint density at radius 1 is 1.40 bits per heavy atom. The summed E-state index contributed by atoms with van der Waals surface area (Å²) in [6.07, 6.45) is 1.94. The Balaban J connectivity index is 1.93. The highest BCUT2D eigenvalue weighted by Crippen LogP contribution is 2.33. The van der Waals surface area contributed by atoms with Crippen LogP contribution in [0.25, 0.3) is 0 Å². The Kier molecular flexibility index (Phi) is 4.01. The maximum atomic E-state index is 6.39. The number of hydrogen-bond acceptors (Lipinski definition) is 3. The molecule has 0 saturated heterocycles. The lowest BCUT2D eigenvalue weighted by Crippen LogP contribution is -2.31. The molecule has 0 bridgehead atoms. The zero-order valence-electron chi connectivity index (χ0n) is 11.6. The lowest BCUT2D eigenvalue weighted by molar-refractivity contribution is 0.712. The smallest absolute Gasteiger partial charge is 0.0459 e. The first-order chi connectivity index (χ1) is 9.65. The average molecular weight is 307 g/mol. The molecule has 2 heterocycles. The lowest BCUT2D eigenvalue weighted by atomic mass is 10.0. The number of rotatable bonds is 3. The van der Waals surface area contributed by atoms with Crippen molar-refractivity contribution in [2.75, 3.05) is 11.4 Å². The number of nitrogens with zero attached hydrogens (tertiary/aromatic N) is 1. The molecule has 2 nitrogen and oxygen atoms in total. The predicted octanol–water partition coefficient (Wildman–Crippen LogP) is 3.85. The van der Waals surface area contributed by atoms with Crippen molar-refractivity contribution in [2.24, 2.45) is 5.73 Å². The van der Waals surface area contributed by atoms with Crippen molar-refractivity contribution in [3.05, 3.63) is 50.7 Å². The van der Waals surface area contributed by atoms with E-state index >= 15 is 0 Å². The van der Waals surface area contributed by atoms with E-state index in [0.29, 0.717) is 0 Å². The van der Waals surface area contributed by atoms with E-state index in [0.717, 1.165) is 31.0 Å². The van der Waals surface area contributed by atoms with Crippen molar-refractivity contribution < 1.29 is 0 Å². The summed E-state index contributed by atoms with van der Waals surface area (Å²) in [7, 11) is 0. The topological polar surface area (TPSA) is 29.3 Å². The second-order valence-corrected chi connectivity index (χ2v) is 6.87. The number of anilines is 1. The van der Waals surface area contributed by atoms with Crippen molar-refractivity contribution in [2.45, 2.75) is 32.4 Å². The first-order valence-corrected chi connectivity index (χ1v) is 8.24. The number of fused-ring (bicyclic) bond motifs is 1. The van der Waals surface area contributed by atoms with Crippen molar-refractivity contribution in [1.82, 2.24) is 0 Å². The van der Waals surface area contributed by atoms with E-state index in [2.05, 4.69) is 22.4 Å². The highest BCUT2D eigenvalue weighted by molar-refractivity contribution is 7.10. The molecule has 2 N–H and O–H groups in total. The SMILES string of the molecule is CC(N)Cc1c(Cl)cccc1N1CCc2sccc2C1. The fourth-order valence-corrected chi connectivity index (χ4v) is 3.96. The molecule has 1 atom stereocenters. The van der Waals surface area contributed by atoms with Gasteiger partial charge in [0.2, 0.25) is 0 Å².